The van der Waals surface area contributed by atoms with E-state index in [-0.39, 0.29) is 12.5 Å². The van der Waals surface area contributed by atoms with Gasteiger partial charge in [-0.15, -0.1) is 0 Å². The molecule has 5 nitrogen and oxygen atoms in total. The number of hydrogen-bond acceptors (Lipinski definition) is 5. The van der Waals surface area contributed by atoms with Gasteiger partial charge < -0.3 is 10.4 Å². The monoisotopic (exact) mass is 272 g/mol. The Bertz CT molecular complexity index is 525. The highest BCUT2D eigenvalue weighted by Crippen LogP contribution is 2.10. The molecule has 0 aliphatic heterocycles. The molecule has 2 heterocycles. The third-order valence-corrected chi connectivity index (χ3v) is 3.02. The molecule has 2 aromatic rings. The summed E-state index contributed by atoms with van der Waals surface area (Å²) in [6, 6.07) is 7.73. The van der Waals surface area contributed by atoms with Crippen molar-refractivity contribution < 1.29 is 5.11 Å². The van der Waals surface area contributed by atoms with Crippen LogP contribution in [0.4, 0.5) is 5.82 Å². The molecule has 106 valence electrons. The highest BCUT2D eigenvalue weighted by Gasteiger charge is 2.10. The van der Waals surface area contributed by atoms with Crippen LogP contribution in [-0.4, -0.2) is 33.2 Å². The summed E-state index contributed by atoms with van der Waals surface area (Å²) in [7, 11) is 0. The minimum absolute atomic E-state index is 0.112. The number of aryl methyl sites for hydroxylation is 2. The molecular formula is C15H20N4O. The van der Waals surface area contributed by atoms with Crippen molar-refractivity contribution in [3.8, 4) is 0 Å². The van der Waals surface area contributed by atoms with E-state index < -0.39 is 0 Å². The first-order valence-corrected chi connectivity index (χ1v) is 6.74. The molecule has 2 rings (SSSR count). The summed E-state index contributed by atoms with van der Waals surface area (Å²) in [6.07, 6.45) is 2.52. The summed E-state index contributed by atoms with van der Waals surface area (Å²) in [4.78, 5) is 12.9. The molecule has 0 radical (unpaired) electrons. The van der Waals surface area contributed by atoms with Crippen LogP contribution in [0.2, 0.25) is 0 Å². The highest BCUT2D eigenvalue weighted by molar-refractivity contribution is 5.35. The number of rotatable bonds is 6. The predicted molar refractivity (Wildman–Crippen MR) is 78.5 cm³/mol. The van der Waals surface area contributed by atoms with Crippen molar-refractivity contribution in [1.29, 1.82) is 0 Å². The number of pyridine rings is 1. The molecular weight excluding hydrogens is 252 g/mol. The van der Waals surface area contributed by atoms with Gasteiger partial charge in [0, 0.05) is 42.7 Å². The van der Waals surface area contributed by atoms with Crippen LogP contribution in [0, 0.1) is 19.8 Å². The lowest BCUT2D eigenvalue weighted by atomic mass is 10.0. The number of aliphatic hydroxyl groups excluding tert-OH is 1. The quantitative estimate of drug-likeness (QED) is 0.838. The summed E-state index contributed by atoms with van der Waals surface area (Å²) in [5.41, 5.74) is 1.92. The van der Waals surface area contributed by atoms with Crippen LogP contribution in [0.15, 0.2) is 30.5 Å². The third-order valence-electron chi connectivity index (χ3n) is 3.02. The Morgan fingerprint density at radius 2 is 2.10 bits per heavy atom. The van der Waals surface area contributed by atoms with E-state index in [0.717, 1.165) is 29.5 Å². The Morgan fingerprint density at radius 1 is 1.25 bits per heavy atom. The van der Waals surface area contributed by atoms with Crippen molar-refractivity contribution in [2.75, 3.05) is 18.5 Å². The van der Waals surface area contributed by atoms with Gasteiger partial charge in [-0.1, -0.05) is 6.07 Å². The van der Waals surface area contributed by atoms with Gasteiger partial charge in [-0.2, -0.15) is 0 Å². The first-order valence-electron chi connectivity index (χ1n) is 6.74. The second-order valence-corrected chi connectivity index (χ2v) is 4.90. The van der Waals surface area contributed by atoms with Crippen molar-refractivity contribution in [1.82, 2.24) is 15.0 Å². The molecule has 0 aliphatic carbocycles. The zero-order valence-electron chi connectivity index (χ0n) is 11.9. The predicted octanol–water partition coefficient (Wildman–Crippen LogP) is 1.75. The number of nitrogens with zero attached hydrogens (tertiary/aromatic N) is 3. The van der Waals surface area contributed by atoms with Gasteiger partial charge in [-0.05, 0) is 32.4 Å². The van der Waals surface area contributed by atoms with Crippen LogP contribution < -0.4 is 5.32 Å². The lowest BCUT2D eigenvalue weighted by molar-refractivity contribution is 0.232. The van der Waals surface area contributed by atoms with E-state index in [2.05, 4.69) is 20.3 Å². The first kappa shape index (κ1) is 14.4. The normalized spacial score (nSPS) is 12.2. The van der Waals surface area contributed by atoms with Crippen LogP contribution in [0.3, 0.4) is 0 Å². The van der Waals surface area contributed by atoms with Gasteiger partial charge in [0.25, 0.3) is 0 Å². The summed E-state index contributed by atoms with van der Waals surface area (Å²) in [5, 5.41) is 12.7. The van der Waals surface area contributed by atoms with Crippen molar-refractivity contribution in [2.24, 2.45) is 5.92 Å². The summed E-state index contributed by atoms with van der Waals surface area (Å²) in [6.45, 7) is 4.59. The van der Waals surface area contributed by atoms with Crippen molar-refractivity contribution in [3.63, 3.8) is 0 Å². The van der Waals surface area contributed by atoms with E-state index in [4.69, 9.17) is 0 Å². The summed E-state index contributed by atoms with van der Waals surface area (Å²) < 4.78 is 0. The second-order valence-electron chi connectivity index (χ2n) is 4.90. The third kappa shape index (κ3) is 4.28. The molecule has 0 bridgehead atoms. The van der Waals surface area contributed by atoms with E-state index in [1.54, 1.807) is 6.20 Å². The van der Waals surface area contributed by atoms with Gasteiger partial charge in [0.1, 0.15) is 11.6 Å². The molecule has 0 saturated carbocycles. The molecule has 0 aliphatic rings. The molecule has 0 amide bonds. The molecule has 2 N–H and O–H groups in total. The zero-order valence-corrected chi connectivity index (χ0v) is 11.9. The lowest BCUT2D eigenvalue weighted by Crippen LogP contribution is -2.21. The maximum absolute atomic E-state index is 9.47. The van der Waals surface area contributed by atoms with Crippen LogP contribution >= 0.6 is 0 Å². The second kappa shape index (κ2) is 6.96. The van der Waals surface area contributed by atoms with Crippen LogP contribution in [0.5, 0.6) is 0 Å². The van der Waals surface area contributed by atoms with E-state index in [9.17, 15) is 5.11 Å². The largest absolute Gasteiger partial charge is 0.396 e. The van der Waals surface area contributed by atoms with Crippen LogP contribution in [-0.2, 0) is 6.42 Å². The molecule has 20 heavy (non-hydrogen) atoms. The van der Waals surface area contributed by atoms with Crippen molar-refractivity contribution in [2.45, 2.75) is 20.3 Å². The molecule has 1 atom stereocenters. The van der Waals surface area contributed by atoms with Crippen molar-refractivity contribution >= 4 is 5.82 Å². The molecule has 2 aromatic heterocycles. The standard InChI is InChI=1S/C15H20N4O/c1-11-7-15(19-12(2)18-11)17-9-13(10-20)8-14-5-3-4-6-16-14/h3-7,13,20H,8-10H2,1-2H3,(H,17,18,19). The fraction of sp³-hybridized carbons (Fsp3) is 0.400. The zero-order chi connectivity index (χ0) is 14.4. The maximum atomic E-state index is 9.47. The van der Waals surface area contributed by atoms with Crippen LogP contribution in [0.1, 0.15) is 17.2 Å². The van der Waals surface area contributed by atoms with E-state index in [0.29, 0.717) is 6.54 Å². The number of aliphatic hydroxyl groups is 1. The van der Waals surface area contributed by atoms with Gasteiger partial charge in [-0.3, -0.25) is 4.98 Å². The Hall–Kier alpha value is -2.01. The van der Waals surface area contributed by atoms with Gasteiger partial charge in [0.2, 0.25) is 0 Å². The summed E-state index contributed by atoms with van der Waals surface area (Å²) >= 11 is 0. The van der Waals surface area contributed by atoms with Gasteiger partial charge in [0.05, 0.1) is 0 Å². The minimum atomic E-state index is 0.112. The lowest BCUT2D eigenvalue weighted by Gasteiger charge is -2.15. The molecule has 0 spiro atoms. The highest BCUT2D eigenvalue weighted by atomic mass is 16.3. The van der Waals surface area contributed by atoms with E-state index in [1.807, 2.05) is 38.1 Å². The fourth-order valence-corrected chi connectivity index (χ4v) is 2.07. The smallest absolute Gasteiger partial charge is 0.129 e. The molecule has 0 aromatic carbocycles. The minimum Gasteiger partial charge on any atom is -0.396 e. The molecule has 5 heteroatoms. The number of nitrogens with one attached hydrogen (secondary N) is 1. The average molecular weight is 272 g/mol. The first-order chi connectivity index (χ1) is 9.67. The number of anilines is 1. The van der Waals surface area contributed by atoms with Crippen molar-refractivity contribution in [3.05, 3.63) is 47.7 Å². The van der Waals surface area contributed by atoms with Gasteiger partial charge in [0.15, 0.2) is 0 Å². The molecule has 0 saturated heterocycles. The number of aromatic nitrogens is 3. The summed E-state index contributed by atoms with van der Waals surface area (Å²) in [5.74, 6) is 1.66. The molecule has 0 fully saturated rings. The Balaban J connectivity index is 1.93. The Morgan fingerprint density at radius 3 is 2.75 bits per heavy atom. The molecule has 1 unspecified atom stereocenters. The van der Waals surface area contributed by atoms with E-state index >= 15 is 0 Å². The fourth-order valence-electron chi connectivity index (χ4n) is 2.07. The Kier molecular flexibility index (Phi) is 5.01. The SMILES string of the molecule is Cc1cc(NCC(CO)Cc2ccccn2)nc(C)n1. The maximum Gasteiger partial charge on any atom is 0.129 e. The van der Waals surface area contributed by atoms with E-state index in [1.165, 1.54) is 0 Å². The Labute approximate surface area is 119 Å². The average Bonchev–Trinajstić information content (AvgIpc) is 2.43. The van der Waals surface area contributed by atoms with Crippen LogP contribution in [0.25, 0.3) is 0 Å². The van der Waals surface area contributed by atoms with Gasteiger partial charge >= 0.3 is 0 Å². The number of hydrogen-bond donors (Lipinski definition) is 2. The van der Waals surface area contributed by atoms with Gasteiger partial charge in [-0.25, -0.2) is 9.97 Å². The topological polar surface area (TPSA) is 70.9 Å².